The molecule has 1 N–H and O–H groups in total. The van der Waals surface area contributed by atoms with Crippen molar-refractivity contribution in [2.75, 3.05) is 4.90 Å². The molecule has 29 heavy (non-hydrogen) atoms. The molecule has 0 unspecified atom stereocenters. The Kier molecular flexibility index (Phi) is 4.62. The number of nitrogens with zero attached hydrogens (tertiary/aromatic N) is 4. The van der Waals surface area contributed by atoms with E-state index in [-0.39, 0.29) is 11.1 Å². The van der Waals surface area contributed by atoms with E-state index < -0.39 is 0 Å². The molecular weight excluding hydrogens is 422 g/mol. The minimum absolute atomic E-state index is 0.157. The number of rotatable bonds is 4. The van der Waals surface area contributed by atoms with Crippen molar-refractivity contribution in [3.63, 3.8) is 0 Å². The molecule has 1 fully saturated rings. The number of para-hydroxylation sites is 1. The van der Waals surface area contributed by atoms with Crippen LogP contribution >= 0.6 is 34.4 Å². The lowest BCUT2D eigenvalue weighted by Crippen LogP contribution is -2.27. The summed E-state index contributed by atoms with van der Waals surface area (Å²) in [7, 11) is 0. The molecule has 6 nitrogen and oxygen atoms in total. The first-order valence-electron chi connectivity index (χ1n) is 8.62. The van der Waals surface area contributed by atoms with Crippen LogP contribution in [-0.2, 0) is 4.79 Å². The van der Waals surface area contributed by atoms with Crippen LogP contribution in [0.4, 0.5) is 5.13 Å². The number of thiazole rings is 1. The first-order valence-corrected chi connectivity index (χ1v) is 11.2. The largest absolute Gasteiger partial charge is 0.278 e. The summed E-state index contributed by atoms with van der Waals surface area (Å²) in [6.07, 6.45) is 5.36. The third-order valence-corrected chi connectivity index (χ3v) is 6.76. The Morgan fingerprint density at radius 2 is 1.90 bits per heavy atom. The van der Waals surface area contributed by atoms with Gasteiger partial charge in [-0.2, -0.15) is 5.10 Å². The van der Waals surface area contributed by atoms with Crippen LogP contribution in [0.15, 0.2) is 70.5 Å². The summed E-state index contributed by atoms with van der Waals surface area (Å²) >= 11 is 4.07. The van der Waals surface area contributed by atoms with Gasteiger partial charge in [0, 0.05) is 23.3 Å². The summed E-state index contributed by atoms with van der Waals surface area (Å²) in [5.41, 5.74) is 2.59. The summed E-state index contributed by atoms with van der Waals surface area (Å²) in [6, 6.07) is 13.8. The second-order valence-electron chi connectivity index (χ2n) is 6.06. The molecule has 0 atom stereocenters. The van der Waals surface area contributed by atoms with Gasteiger partial charge in [0.25, 0.3) is 5.91 Å². The smallest absolute Gasteiger partial charge is 0.273 e. The number of nitrogens with one attached hydrogen (secondary N) is 1. The molecule has 0 aliphatic carbocycles. The van der Waals surface area contributed by atoms with E-state index in [1.807, 2.05) is 64.8 Å². The molecule has 4 heterocycles. The maximum Gasteiger partial charge on any atom is 0.273 e. The molecule has 0 bridgehead atoms. The van der Waals surface area contributed by atoms with Crippen molar-refractivity contribution in [2.45, 2.75) is 0 Å². The van der Waals surface area contributed by atoms with Crippen molar-refractivity contribution in [2.24, 2.45) is 0 Å². The van der Waals surface area contributed by atoms with Crippen LogP contribution in [0.2, 0.25) is 0 Å². The second kappa shape index (κ2) is 7.43. The number of amidine groups is 1. The zero-order valence-electron chi connectivity index (χ0n) is 14.9. The van der Waals surface area contributed by atoms with Crippen molar-refractivity contribution >= 4 is 56.7 Å². The SMILES string of the molecule is N=C1SC(=Cc2cn(-c3ccccc3)nc2-c2cccs2)C(=O)N1c1nccs1. The molecule has 1 aromatic carbocycles. The van der Waals surface area contributed by atoms with E-state index in [9.17, 15) is 4.79 Å². The molecule has 1 saturated heterocycles. The molecule has 1 amide bonds. The van der Waals surface area contributed by atoms with Crippen LogP contribution in [0.5, 0.6) is 0 Å². The average molecular weight is 436 g/mol. The molecule has 1 aliphatic rings. The molecule has 142 valence electrons. The predicted octanol–water partition coefficient (Wildman–Crippen LogP) is 5.11. The number of hydrogen-bond acceptors (Lipinski definition) is 7. The van der Waals surface area contributed by atoms with Gasteiger partial charge < -0.3 is 0 Å². The predicted molar refractivity (Wildman–Crippen MR) is 120 cm³/mol. The van der Waals surface area contributed by atoms with Gasteiger partial charge in [-0.05, 0) is 41.4 Å². The normalized spacial score (nSPS) is 15.6. The number of hydrogen-bond donors (Lipinski definition) is 1. The molecule has 4 aromatic rings. The fourth-order valence-electron chi connectivity index (χ4n) is 2.94. The molecule has 3 aromatic heterocycles. The Bertz CT molecular complexity index is 1210. The minimum Gasteiger partial charge on any atom is -0.278 e. The summed E-state index contributed by atoms with van der Waals surface area (Å²) in [6.45, 7) is 0. The first-order chi connectivity index (χ1) is 14.2. The van der Waals surface area contributed by atoms with Crippen LogP contribution in [0.3, 0.4) is 0 Å². The number of thioether (sulfide) groups is 1. The monoisotopic (exact) mass is 435 g/mol. The Morgan fingerprint density at radius 3 is 2.62 bits per heavy atom. The molecule has 5 rings (SSSR count). The van der Waals surface area contributed by atoms with Crippen LogP contribution in [-0.4, -0.2) is 25.8 Å². The van der Waals surface area contributed by atoms with Crippen LogP contribution in [0.25, 0.3) is 22.3 Å². The lowest BCUT2D eigenvalue weighted by Gasteiger charge is -2.08. The van der Waals surface area contributed by atoms with Gasteiger partial charge in [-0.25, -0.2) is 14.6 Å². The van der Waals surface area contributed by atoms with Crippen molar-refractivity contribution in [3.05, 3.63) is 76.1 Å². The summed E-state index contributed by atoms with van der Waals surface area (Å²) in [4.78, 5) is 19.9. The highest BCUT2D eigenvalue weighted by molar-refractivity contribution is 8.19. The zero-order valence-corrected chi connectivity index (χ0v) is 17.3. The van der Waals surface area contributed by atoms with Crippen LogP contribution in [0.1, 0.15) is 5.56 Å². The van der Waals surface area contributed by atoms with Gasteiger partial charge >= 0.3 is 0 Å². The zero-order chi connectivity index (χ0) is 19.8. The van der Waals surface area contributed by atoms with Crippen molar-refractivity contribution in [3.8, 4) is 16.3 Å². The average Bonchev–Trinajstić information content (AvgIpc) is 3.51. The van der Waals surface area contributed by atoms with Crippen LogP contribution in [0, 0.1) is 5.41 Å². The molecule has 0 saturated carbocycles. The second-order valence-corrected chi connectivity index (χ2v) is 8.91. The van der Waals surface area contributed by atoms with Gasteiger partial charge in [0.05, 0.1) is 15.5 Å². The van der Waals surface area contributed by atoms with E-state index in [0.29, 0.717) is 10.0 Å². The third kappa shape index (κ3) is 3.33. The van der Waals surface area contributed by atoms with E-state index in [0.717, 1.165) is 33.6 Å². The number of carbonyl (C=O) groups excluding carboxylic acids is 1. The molecule has 0 spiro atoms. The third-order valence-electron chi connectivity index (χ3n) is 4.24. The minimum atomic E-state index is -0.237. The van der Waals surface area contributed by atoms with Gasteiger partial charge in [-0.3, -0.25) is 10.2 Å². The molecule has 0 radical (unpaired) electrons. The fraction of sp³-hybridized carbons (Fsp3) is 0. The first kappa shape index (κ1) is 18.0. The molecule has 9 heteroatoms. The molecular formula is C20H13N5OS3. The van der Waals surface area contributed by atoms with Gasteiger partial charge in [-0.15, -0.1) is 22.7 Å². The Balaban J connectivity index is 1.58. The van der Waals surface area contributed by atoms with Gasteiger partial charge in [0.2, 0.25) is 0 Å². The number of amides is 1. The molecule has 1 aliphatic heterocycles. The highest BCUT2D eigenvalue weighted by Gasteiger charge is 2.35. The van der Waals surface area contributed by atoms with Crippen molar-refractivity contribution in [1.29, 1.82) is 5.41 Å². The number of carbonyl (C=O) groups is 1. The Morgan fingerprint density at radius 1 is 1.03 bits per heavy atom. The summed E-state index contributed by atoms with van der Waals surface area (Å²) < 4.78 is 1.81. The van der Waals surface area contributed by atoms with Gasteiger partial charge in [-0.1, -0.05) is 24.3 Å². The lowest BCUT2D eigenvalue weighted by molar-refractivity contribution is -0.113. The standard InChI is InChI=1S/C20H13N5OS3/c21-19-25(20-22-8-10-28-20)18(26)16(29-19)11-13-12-24(14-5-2-1-3-6-14)23-17(13)15-7-4-9-27-15/h1-12,21H. The Labute approximate surface area is 178 Å². The van der Waals surface area contributed by atoms with E-state index in [4.69, 9.17) is 10.5 Å². The quantitative estimate of drug-likeness (QED) is 0.452. The van der Waals surface area contributed by atoms with E-state index in [1.54, 1.807) is 22.9 Å². The maximum absolute atomic E-state index is 12.9. The number of anilines is 1. The van der Waals surface area contributed by atoms with Crippen molar-refractivity contribution < 1.29 is 4.79 Å². The topological polar surface area (TPSA) is 74.9 Å². The number of aromatic nitrogens is 3. The summed E-state index contributed by atoms with van der Waals surface area (Å²) in [5.74, 6) is -0.237. The maximum atomic E-state index is 12.9. The fourth-order valence-corrected chi connectivity index (χ4v) is 5.21. The number of thiophene rings is 1. The van der Waals surface area contributed by atoms with Crippen LogP contribution < -0.4 is 4.90 Å². The van der Waals surface area contributed by atoms with E-state index in [2.05, 4.69) is 4.98 Å². The van der Waals surface area contributed by atoms with Gasteiger partial charge in [0.1, 0.15) is 5.69 Å². The lowest BCUT2D eigenvalue weighted by atomic mass is 10.2. The highest BCUT2D eigenvalue weighted by atomic mass is 32.2. The summed E-state index contributed by atoms with van der Waals surface area (Å²) in [5, 5.41) is 17.4. The number of benzene rings is 1. The highest BCUT2D eigenvalue weighted by Crippen LogP contribution is 2.37. The van der Waals surface area contributed by atoms with E-state index >= 15 is 0 Å². The Hall–Kier alpha value is -3.01. The van der Waals surface area contributed by atoms with Gasteiger partial charge in [0.15, 0.2) is 10.3 Å². The van der Waals surface area contributed by atoms with E-state index in [1.165, 1.54) is 16.2 Å². The van der Waals surface area contributed by atoms with Crippen molar-refractivity contribution in [1.82, 2.24) is 14.8 Å².